The van der Waals surface area contributed by atoms with Crippen molar-refractivity contribution in [3.8, 4) is 0 Å². The van der Waals surface area contributed by atoms with Crippen LogP contribution in [0.15, 0.2) is 30.3 Å². The van der Waals surface area contributed by atoms with Crippen LogP contribution in [-0.4, -0.2) is 5.11 Å². The summed E-state index contributed by atoms with van der Waals surface area (Å²) in [4.78, 5) is 0. The third-order valence-electron chi connectivity index (χ3n) is 2.39. The van der Waals surface area contributed by atoms with Crippen molar-refractivity contribution in [1.82, 2.24) is 0 Å². The van der Waals surface area contributed by atoms with E-state index in [4.69, 9.17) is 0 Å². The number of hydrogen-bond acceptors (Lipinski definition) is 1. The molecule has 0 aromatic heterocycles. The highest BCUT2D eigenvalue weighted by molar-refractivity contribution is 5.70. The van der Waals surface area contributed by atoms with Crippen LogP contribution in [0.4, 0.5) is 0 Å². The molecule has 1 N–H and O–H groups in total. The molecule has 0 bridgehead atoms. The van der Waals surface area contributed by atoms with E-state index in [-0.39, 0.29) is 5.41 Å². The van der Waals surface area contributed by atoms with Gasteiger partial charge in [-0.2, -0.15) is 0 Å². The molecule has 1 heteroatoms. The van der Waals surface area contributed by atoms with E-state index in [1.54, 1.807) is 0 Å². The molecule has 1 aliphatic rings. The first kappa shape index (κ1) is 7.41. The molecule has 0 spiro atoms. The van der Waals surface area contributed by atoms with Crippen LogP contribution in [0.3, 0.4) is 0 Å². The Morgan fingerprint density at radius 1 is 1.17 bits per heavy atom. The van der Waals surface area contributed by atoms with Gasteiger partial charge >= 0.3 is 0 Å². The predicted octanol–water partition coefficient (Wildman–Crippen LogP) is 2.88. The molecule has 1 aliphatic carbocycles. The Kier molecular flexibility index (Phi) is 1.31. The Morgan fingerprint density at radius 3 is 2.50 bits per heavy atom. The first-order chi connectivity index (χ1) is 5.61. The van der Waals surface area contributed by atoms with Gasteiger partial charge in [0.2, 0.25) is 0 Å². The van der Waals surface area contributed by atoms with Crippen LogP contribution in [0.5, 0.6) is 0 Å². The molecule has 1 aromatic rings. The van der Waals surface area contributed by atoms with Crippen LogP contribution < -0.4 is 0 Å². The minimum Gasteiger partial charge on any atom is -0.508 e. The predicted molar refractivity (Wildman–Crippen MR) is 50.1 cm³/mol. The molecule has 1 nitrogen and oxygen atoms in total. The van der Waals surface area contributed by atoms with E-state index in [0.29, 0.717) is 5.76 Å². The number of fused-ring (bicyclic) bond motifs is 1. The molecule has 0 aliphatic heterocycles. The molecule has 1 aromatic carbocycles. The zero-order valence-electron chi connectivity index (χ0n) is 7.33. The van der Waals surface area contributed by atoms with Crippen LogP contribution >= 0.6 is 0 Å². The van der Waals surface area contributed by atoms with Crippen LogP contribution in [-0.2, 0) is 5.41 Å². The second-order valence-electron chi connectivity index (χ2n) is 3.80. The third kappa shape index (κ3) is 0.860. The Labute approximate surface area is 72.4 Å². The summed E-state index contributed by atoms with van der Waals surface area (Å²) < 4.78 is 0. The van der Waals surface area contributed by atoms with Crippen molar-refractivity contribution < 1.29 is 5.11 Å². The summed E-state index contributed by atoms with van der Waals surface area (Å²) in [6.07, 6.45) is 1.90. The van der Waals surface area contributed by atoms with Crippen molar-refractivity contribution in [2.24, 2.45) is 0 Å². The Hall–Kier alpha value is -1.24. The highest BCUT2D eigenvalue weighted by atomic mass is 16.3. The highest BCUT2D eigenvalue weighted by Gasteiger charge is 2.28. The molecule has 0 fully saturated rings. The molecular weight excluding hydrogens is 148 g/mol. The molecule has 0 saturated carbocycles. The van der Waals surface area contributed by atoms with Crippen molar-refractivity contribution in [3.05, 3.63) is 41.5 Å². The normalized spacial score (nSPS) is 18.7. The van der Waals surface area contributed by atoms with Crippen molar-refractivity contribution in [1.29, 1.82) is 0 Å². The maximum atomic E-state index is 9.58. The Balaban J connectivity index is 2.68. The van der Waals surface area contributed by atoms with Crippen molar-refractivity contribution in [2.75, 3.05) is 0 Å². The van der Waals surface area contributed by atoms with Gasteiger partial charge in [0, 0.05) is 11.0 Å². The van der Waals surface area contributed by atoms with E-state index in [1.807, 2.05) is 24.3 Å². The SMILES string of the molecule is CC1(C)C=C(O)c2ccccc21. The van der Waals surface area contributed by atoms with Crippen LogP contribution in [0.25, 0.3) is 5.76 Å². The number of allylic oxidation sites excluding steroid dienone is 1. The van der Waals surface area contributed by atoms with Crippen molar-refractivity contribution in [2.45, 2.75) is 19.3 Å². The summed E-state index contributed by atoms with van der Waals surface area (Å²) in [6, 6.07) is 7.97. The largest absolute Gasteiger partial charge is 0.508 e. The van der Waals surface area contributed by atoms with E-state index < -0.39 is 0 Å². The monoisotopic (exact) mass is 160 g/mol. The summed E-state index contributed by atoms with van der Waals surface area (Å²) >= 11 is 0. The fourth-order valence-corrected chi connectivity index (χ4v) is 1.77. The van der Waals surface area contributed by atoms with Gasteiger partial charge in [0.25, 0.3) is 0 Å². The minimum atomic E-state index is -0.0132. The van der Waals surface area contributed by atoms with Crippen LogP contribution in [0.1, 0.15) is 25.0 Å². The maximum Gasteiger partial charge on any atom is 0.120 e. The summed E-state index contributed by atoms with van der Waals surface area (Å²) in [7, 11) is 0. The number of hydrogen-bond donors (Lipinski definition) is 1. The molecule has 0 heterocycles. The van der Waals surface area contributed by atoms with E-state index in [2.05, 4.69) is 19.9 Å². The minimum absolute atomic E-state index is 0.0132. The lowest BCUT2D eigenvalue weighted by atomic mass is 9.87. The van der Waals surface area contributed by atoms with Gasteiger partial charge in [-0.25, -0.2) is 0 Å². The molecule has 0 saturated heterocycles. The Morgan fingerprint density at radius 2 is 1.83 bits per heavy atom. The Bertz CT molecular complexity index is 348. The lowest BCUT2D eigenvalue weighted by Crippen LogP contribution is -2.10. The van der Waals surface area contributed by atoms with Gasteiger partial charge in [-0.3, -0.25) is 0 Å². The first-order valence-electron chi connectivity index (χ1n) is 4.13. The first-order valence-corrected chi connectivity index (χ1v) is 4.13. The molecule has 0 unspecified atom stereocenters. The van der Waals surface area contributed by atoms with Gasteiger partial charge in [0.1, 0.15) is 5.76 Å². The van der Waals surface area contributed by atoms with E-state index >= 15 is 0 Å². The van der Waals surface area contributed by atoms with Gasteiger partial charge in [-0.15, -0.1) is 0 Å². The lowest BCUT2D eigenvalue weighted by molar-refractivity contribution is 0.510. The number of aliphatic hydroxyl groups excluding tert-OH is 1. The van der Waals surface area contributed by atoms with Gasteiger partial charge < -0.3 is 5.11 Å². The van der Waals surface area contributed by atoms with Crippen molar-refractivity contribution in [3.63, 3.8) is 0 Å². The molecule has 62 valence electrons. The smallest absolute Gasteiger partial charge is 0.120 e. The average Bonchev–Trinajstić information content (AvgIpc) is 2.25. The van der Waals surface area contributed by atoms with Gasteiger partial charge in [-0.1, -0.05) is 38.1 Å². The summed E-state index contributed by atoms with van der Waals surface area (Å²) in [5.74, 6) is 0.413. The van der Waals surface area contributed by atoms with E-state index in [0.717, 1.165) is 5.56 Å². The number of aliphatic hydroxyl groups is 1. The molecule has 0 amide bonds. The zero-order chi connectivity index (χ0) is 8.77. The van der Waals surface area contributed by atoms with Gasteiger partial charge in [0.15, 0.2) is 0 Å². The summed E-state index contributed by atoms with van der Waals surface area (Å²) in [5, 5.41) is 9.58. The second kappa shape index (κ2) is 2.13. The number of rotatable bonds is 0. The van der Waals surface area contributed by atoms with E-state index in [9.17, 15) is 5.11 Å². The van der Waals surface area contributed by atoms with Gasteiger partial charge in [0.05, 0.1) is 0 Å². The average molecular weight is 160 g/mol. The standard InChI is InChI=1S/C11H12O/c1-11(2)7-10(12)8-5-3-4-6-9(8)11/h3-7,12H,1-2H3. The molecule has 2 rings (SSSR count). The van der Waals surface area contributed by atoms with E-state index in [1.165, 1.54) is 5.56 Å². The molecule has 12 heavy (non-hydrogen) atoms. The summed E-state index contributed by atoms with van der Waals surface area (Å²) in [5.41, 5.74) is 2.17. The molecule has 0 radical (unpaired) electrons. The fourth-order valence-electron chi connectivity index (χ4n) is 1.77. The molecular formula is C11H12O. The van der Waals surface area contributed by atoms with Crippen LogP contribution in [0, 0.1) is 0 Å². The highest BCUT2D eigenvalue weighted by Crippen LogP contribution is 2.38. The maximum absolute atomic E-state index is 9.58. The third-order valence-corrected chi connectivity index (χ3v) is 2.39. The van der Waals surface area contributed by atoms with Crippen LogP contribution in [0.2, 0.25) is 0 Å². The topological polar surface area (TPSA) is 20.2 Å². The molecule has 0 atom stereocenters. The lowest BCUT2D eigenvalue weighted by Gasteiger charge is -2.16. The fraction of sp³-hybridized carbons (Fsp3) is 0.273. The zero-order valence-corrected chi connectivity index (χ0v) is 7.33. The second-order valence-corrected chi connectivity index (χ2v) is 3.80. The van der Waals surface area contributed by atoms with Gasteiger partial charge in [-0.05, 0) is 11.6 Å². The summed E-state index contributed by atoms with van der Waals surface area (Å²) in [6.45, 7) is 4.21. The number of benzene rings is 1. The van der Waals surface area contributed by atoms with Crippen molar-refractivity contribution >= 4 is 5.76 Å². The quantitative estimate of drug-likeness (QED) is 0.618.